The van der Waals surface area contributed by atoms with Crippen LogP contribution in [0.15, 0.2) is 30.6 Å². The Morgan fingerprint density at radius 2 is 2.31 bits per heavy atom. The number of nitrogens with one attached hydrogen (secondary N) is 2. The second-order valence-electron chi connectivity index (χ2n) is 3.30. The third-order valence-electron chi connectivity index (χ3n) is 2.23. The van der Waals surface area contributed by atoms with Gasteiger partial charge < -0.3 is 10.3 Å². The van der Waals surface area contributed by atoms with E-state index in [9.17, 15) is 4.79 Å². The number of hydrogen-bond acceptors (Lipinski definition) is 2. The predicted molar refractivity (Wildman–Crippen MR) is 62.7 cm³/mol. The highest BCUT2D eigenvalue weighted by atomic mass is 35.5. The minimum absolute atomic E-state index is 0.277. The highest BCUT2D eigenvalue weighted by Crippen LogP contribution is 2.23. The summed E-state index contributed by atoms with van der Waals surface area (Å²) in [6, 6.07) is 5.36. The van der Waals surface area contributed by atoms with E-state index < -0.39 is 0 Å². The maximum Gasteiger partial charge on any atom is 0.291 e. The monoisotopic (exact) mass is 235 g/mol. The molecule has 1 aromatic heterocycles. The summed E-state index contributed by atoms with van der Waals surface area (Å²) in [5.41, 5.74) is 1.53. The Hall–Kier alpha value is -1.81. The number of H-pyrrole nitrogens is 1. The van der Waals surface area contributed by atoms with Crippen molar-refractivity contribution in [1.82, 2.24) is 9.97 Å². The van der Waals surface area contributed by atoms with Crippen LogP contribution in [0.1, 0.15) is 16.2 Å². The summed E-state index contributed by atoms with van der Waals surface area (Å²) in [5.74, 6) is -0.00487. The lowest BCUT2D eigenvalue weighted by Crippen LogP contribution is -2.14. The maximum absolute atomic E-state index is 11.7. The summed E-state index contributed by atoms with van der Waals surface area (Å²) in [6.45, 7) is 1.85. The molecular formula is C11H10ClN3O. The lowest BCUT2D eigenvalue weighted by molar-refractivity contribution is 0.101. The van der Waals surface area contributed by atoms with Gasteiger partial charge in [-0.2, -0.15) is 0 Å². The van der Waals surface area contributed by atoms with Crippen LogP contribution < -0.4 is 5.32 Å². The normalized spacial score (nSPS) is 10.1. The smallest absolute Gasteiger partial charge is 0.291 e. The van der Waals surface area contributed by atoms with E-state index >= 15 is 0 Å². The first-order chi connectivity index (χ1) is 7.68. The number of halogens is 1. The number of nitrogens with zero attached hydrogens (tertiary/aromatic N) is 1. The van der Waals surface area contributed by atoms with Crippen molar-refractivity contribution in [3.63, 3.8) is 0 Å². The van der Waals surface area contributed by atoms with Crippen LogP contribution in [0.3, 0.4) is 0 Å². The fourth-order valence-electron chi connectivity index (χ4n) is 1.31. The van der Waals surface area contributed by atoms with Gasteiger partial charge in [0.25, 0.3) is 5.91 Å². The van der Waals surface area contributed by atoms with Gasteiger partial charge in [-0.1, -0.05) is 17.7 Å². The molecule has 1 aromatic carbocycles. The summed E-state index contributed by atoms with van der Waals surface area (Å²) < 4.78 is 0. The van der Waals surface area contributed by atoms with Crippen LogP contribution in [0, 0.1) is 6.92 Å². The third kappa shape index (κ3) is 2.06. The minimum Gasteiger partial charge on any atom is -0.341 e. The van der Waals surface area contributed by atoms with E-state index in [1.54, 1.807) is 24.4 Å². The molecule has 0 spiro atoms. The summed E-state index contributed by atoms with van der Waals surface area (Å²) >= 11 is 5.95. The molecular weight excluding hydrogens is 226 g/mol. The molecule has 82 valence electrons. The molecule has 2 N–H and O–H groups in total. The Morgan fingerprint density at radius 3 is 3.00 bits per heavy atom. The van der Waals surface area contributed by atoms with Gasteiger partial charge in [-0.25, -0.2) is 4.98 Å². The van der Waals surface area contributed by atoms with Gasteiger partial charge in [0.1, 0.15) is 0 Å². The summed E-state index contributed by atoms with van der Waals surface area (Å²) in [6.07, 6.45) is 3.12. The average Bonchev–Trinajstić information content (AvgIpc) is 2.78. The summed E-state index contributed by atoms with van der Waals surface area (Å²) in [5, 5.41) is 3.36. The highest BCUT2D eigenvalue weighted by Gasteiger charge is 2.10. The molecule has 4 nitrogen and oxygen atoms in total. The molecule has 0 radical (unpaired) electrons. The molecule has 0 aliphatic rings. The SMILES string of the molecule is Cc1c(Cl)cccc1NC(=O)c1ncc[nH]1. The van der Waals surface area contributed by atoms with Gasteiger partial charge >= 0.3 is 0 Å². The van der Waals surface area contributed by atoms with Gasteiger partial charge in [-0.05, 0) is 24.6 Å². The first-order valence-electron chi connectivity index (χ1n) is 4.74. The van der Waals surface area contributed by atoms with Gasteiger partial charge in [0.15, 0.2) is 5.82 Å². The molecule has 0 bridgehead atoms. The van der Waals surface area contributed by atoms with Gasteiger partial charge in [-0.15, -0.1) is 0 Å². The molecule has 1 heterocycles. The topological polar surface area (TPSA) is 57.8 Å². The third-order valence-corrected chi connectivity index (χ3v) is 2.64. The Bertz CT molecular complexity index is 508. The fraction of sp³-hybridized carbons (Fsp3) is 0.0909. The zero-order chi connectivity index (χ0) is 11.5. The number of imidazole rings is 1. The van der Waals surface area contributed by atoms with Crippen molar-refractivity contribution in [3.05, 3.63) is 47.0 Å². The van der Waals surface area contributed by atoms with Crippen LogP contribution >= 0.6 is 11.6 Å². The first-order valence-corrected chi connectivity index (χ1v) is 5.12. The Kier molecular flexibility index (Phi) is 2.92. The maximum atomic E-state index is 11.7. The van der Waals surface area contributed by atoms with E-state index in [4.69, 9.17) is 11.6 Å². The standard InChI is InChI=1S/C11H10ClN3O/c1-7-8(12)3-2-4-9(7)15-11(16)10-13-5-6-14-10/h2-6H,1H3,(H,13,14)(H,15,16). The van der Waals surface area contributed by atoms with Crippen molar-refractivity contribution in [3.8, 4) is 0 Å². The number of aromatic nitrogens is 2. The number of anilines is 1. The highest BCUT2D eigenvalue weighted by molar-refractivity contribution is 6.31. The molecule has 0 saturated heterocycles. The molecule has 2 aromatic rings. The molecule has 0 atom stereocenters. The number of rotatable bonds is 2. The second-order valence-corrected chi connectivity index (χ2v) is 3.71. The Balaban J connectivity index is 2.22. The van der Waals surface area contributed by atoms with E-state index in [0.717, 1.165) is 5.56 Å². The molecule has 5 heteroatoms. The lowest BCUT2D eigenvalue weighted by Gasteiger charge is -2.07. The number of benzene rings is 1. The van der Waals surface area contributed by atoms with E-state index in [-0.39, 0.29) is 11.7 Å². The van der Waals surface area contributed by atoms with Crippen molar-refractivity contribution in [2.45, 2.75) is 6.92 Å². The zero-order valence-corrected chi connectivity index (χ0v) is 9.38. The molecule has 16 heavy (non-hydrogen) atoms. The molecule has 1 amide bonds. The summed E-state index contributed by atoms with van der Waals surface area (Å²) in [4.78, 5) is 18.3. The molecule has 0 saturated carbocycles. The molecule has 2 rings (SSSR count). The van der Waals surface area contributed by atoms with Crippen LogP contribution in [-0.2, 0) is 0 Å². The van der Waals surface area contributed by atoms with E-state index in [1.807, 2.05) is 6.92 Å². The number of amides is 1. The Labute approximate surface area is 97.7 Å². The van der Waals surface area contributed by atoms with Crippen molar-refractivity contribution in [2.75, 3.05) is 5.32 Å². The number of carbonyl (C=O) groups is 1. The summed E-state index contributed by atoms with van der Waals surface area (Å²) in [7, 11) is 0. The van der Waals surface area contributed by atoms with Crippen LogP contribution in [-0.4, -0.2) is 15.9 Å². The van der Waals surface area contributed by atoms with Crippen molar-refractivity contribution >= 4 is 23.2 Å². The van der Waals surface area contributed by atoms with Crippen molar-refractivity contribution < 1.29 is 4.79 Å². The zero-order valence-electron chi connectivity index (χ0n) is 8.62. The largest absolute Gasteiger partial charge is 0.341 e. The molecule has 0 unspecified atom stereocenters. The average molecular weight is 236 g/mol. The quantitative estimate of drug-likeness (QED) is 0.841. The number of carbonyl (C=O) groups excluding carboxylic acids is 1. The molecule has 0 aliphatic heterocycles. The van der Waals surface area contributed by atoms with Gasteiger partial charge in [0.05, 0.1) is 0 Å². The van der Waals surface area contributed by atoms with E-state index in [0.29, 0.717) is 10.7 Å². The second kappa shape index (κ2) is 4.37. The lowest BCUT2D eigenvalue weighted by atomic mass is 10.2. The van der Waals surface area contributed by atoms with Gasteiger partial charge in [0, 0.05) is 23.1 Å². The van der Waals surface area contributed by atoms with Crippen LogP contribution in [0.5, 0.6) is 0 Å². The number of aromatic amines is 1. The Morgan fingerprint density at radius 1 is 1.50 bits per heavy atom. The molecule has 0 aliphatic carbocycles. The van der Waals surface area contributed by atoms with E-state index in [2.05, 4.69) is 15.3 Å². The fourth-order valence-corrected chi connectivity index (χ4v) is 1.49. The first kappa shape index (κ1) is 10.7. The molecule has 0 fully saturated rings. The van der Waals surface area contributed by atoms with Crippen LogP contribution in [0.25, 0.3) is 0 Å². The van der Waals surface area contributed by atoms with Gasteiger partial charge in [-0.3, -0.25) is 4.79 Å². The van der Waals surface area contributed by atoms with Crippen molar-refractivity contribution in [1.29, 1.82) is 0 Å². The van der Waals surface area contributed by atoms with Crippen molar-refractivity contribution in [2.24, 2.45) is 0 Å². The van der Waals surface area contributed by atoms with Gasteiger partial charge in [0.2, 0.25) is 0 Å². The minimum atomic E-state index is -0.282. The van der Waals surface area contributed by atoms with E-state index in [1.165, 1.54) is 6.20 Å². The van der Waals surface area contributed by atoms with Crippen LogP contribution in [0.4, 0.5) is 5.69 Å². The number of hydrogen-bond donors (Lipinski definition) is 2. The predicted octanol–water partition coefficient (Wildman–Crippen LogP) is 2.62. The van der Waals surface area contributed by atoms with Crippen LogP contribution in [0.2, 0.25) is 5.02 Å².